The van der Waals surface area contributed by atoms with Crippen LogP contribution in [0.2, 0.25) is 0 Å². The molecule has 1 fully saturated rings. The highest BCUT2D eigenvalue weighted by Crippen LogP contribution is 2.45. The van der Waals surface area contributed by atoms with Gasteiger partial charge in [0.25, 0.3) is 0 Å². The molecule has 3 rings (SSSR count). The zero-order chi connectivity index (χ0) is 26.5. The van der Waals surface area contributed by atoms with Crippen LogP contribution in [0.3, 0.4) is 0 Å². The molecule has 1 unspecified atom stereocenters. The van der Waals surface area contributed by atoms with Gasteiger partial charge in [-0.1, -0.05) is 88.1 Å². The van der Waals surface area contributed by atoms with Crippen molar-refractivity contribution >= 4 is 5.57 Å². The van der Waals surface area contributed by atoms with Gasteiger partial charge in [-0.3, -0.25) is 0 Å². The summed E-state index contributed by atoms with van der Waals surface area (Å²) in [7, 11) is 0. The van der Waals surface area contributed by atoms with E-state index in [-0.39, 0.29) is 0 Å². The third-order valence-electron chi connectivity index (χ3n) is 6.61. The van der Waals surface area contributed by atoms with E-state index in [0.717, 1.165) is 30.4 Å². The Kier molecular flexibility index (Phi) is 13.8. The molecule has 1 aromatic rings. The lowest BCUT2D eigenvalue weighted by atomic mass is 9.75. The number of aromatic hydroxyl groups is 1. The second-order valence-corrected chi connectivity index (χ2v) is 9.68. The van der Waals surface area contributed by atoms with E-state index in [1.807, 2.05) is 39.8 Å². The van der Waals surface area contributed by atoms with Crippen LogP contribution >= 0.6 is 0 Å². The SMILES string of the molecule is C=C(C)/C(=C(\C(=C(C)C)C1=C(C)CCCC1)c1cccc(O)c1)C(C=C1CC1)CCC.CC.CC. The molecule has 35 heavy (non-hydrogen) atoms. The van der Waals surface area contributed by atoms with Crippen molar-refractivity contribution < 1.29 is 5.11 Å². The molecule has 2 aliphatic carbocycles. The van der Waals surface area contributed by atoms with Crippen molar-refractivity contribution in [2.75, 3.05) is 0 Å². The molecule has 0 aliphatic heterocycles. The van der Waals surface area contributed by atoms with E-state index >= 15 is 0 Å². The van der Waals surface area contributed by atoms with Crippen LogP contribution in [0.15, 0.2) is 75.9 Å². The summed E-state index contributed by atoms with van der Waals surface area (Å²) in [5, 5.41) is 10.4. The minimum absolute atomic E-state index is 0.325. The number of allylic oxidation sites excluding steroid dienone is 9. The Morgan fingerprint density at radius 3 is 2.09 bits per heavy atom. The molecule has 1 atom stereocenters. The van der Waals surface area contributed by atoms with Gasteiger partial charge in [-0.05, 0) is 113 Å². The molecule has 0 amide bonds. The minimum atomic E-state index is 0.325. The fraction of sp³-hybridized carbons (Fsp3) is 0.529. The summed E-state index contributed by atoms with van der Waals surface area (Å²) in [5.41, 5.74) is 12.2. The van der Waals surface area contributed by atoms with Crippen LogP contribution in [0.25, 0.3) is 5.57 Å². The molecule has 0 bridgehead atoms. The van der Waals surface area contributed by atoms with Crippen LogP contribution in [-0.2, 0) is 0 Å². The number of phenols is 1. The first-order chi connectivity index (χ1) is 16.8. The first-order valence-electron chi connectivity index (χ1n) is 14.1. The highest BCUT2D eigenvalue weighted by atomic mass is 16.3. The van der Waals surface area contributed by atoms with Gasteiger partial charge in [0.15, 0.2) is 0 Å². The Hall–Kier alpha value is -2.28. The Morgan fingerprint density at radius 1 is 0.971 bits per heavy atom. The Bertz CT molecular complexity index is 954. The third kappa shape index (κ3) is 8.71. The molecule has 1 nitrogen and oxygen atoms in total. The number of hydrogen-bond donors (Lipinski definition) is 1. The van der Waals surface area contributed by atoms with Gasteiger partial charge in [0.05, 0.1) is 0 Å². The molecule has 0 heterocycles. The summed E-state index contributed by atoms with van der Waals surface area (Å²) in [5.74, 6) is 0.697. The molecule has 0 saturated heterocycles. The van der Waals surface area contributed by atoms with Gasteiger partial charge >= 0.3 is 0 Å². The minimum Gasteiger partial charge on any atom is -0.508 e. The number of benzene rings is 1. The fourth-order valence-corrected chi connectivity index (χ4v) is 5.05. The average Bonchev–Trinajstić information content (AvgIpc) is 3.66. The van der Waals surface area contributed by atoms with Gasteiger partial charge in [-0.2, -0.15) is 0 Å². The van der Waals surface area contributed by atoms with Gasteiger partial charge in [0, 0.05) is 5.92 Å². The average molecular weight is 477 g/mol. The van der Waals surface area contributed by atoms with Crippen molar-refractivity contribution in [2.24, 2.45) is 5.92 Å². The monoisotopic (exact) mass is 476 g/mol. The van der Waals surface area contributed by atoms with Crippen LogP contribution in [0.5, 0.6) is 5.75 Å². The number of phenolic OH excluding ortho intramolecular Hbond substituents is 1. The molecule has 1 N–H and O–H groups in total. The van der Waals surface area contributed by atoms with Crippen LogP contribution < -0.4 is 0 Å². The van der Waals surface area contributed by atoms with Gasteiger partial charge < -0.3 is 5.11 Å². The smallest absolute Gasteiger partial charge is 0.116 e. The molecule has 194 valence electrons. The molecule has 0 radical (unpaired) electrons. The summed E-state index contributed by atoms with van der Waals surface area (Å²) in [4.78, 5) is 0. The van der Waals surface area contributed by atoms with Crippen LogP contribution in [0, 0.1) is 5.92 Å². The predicted molar refractivity (Wildman–Crippen MR) is 158 cm³/mol. The summed E-state index contributed by atoms with van der Waals surface area (Å²) in [6.07, 6.45) is 12.1. The van der Waals surface area contributed by atoms with E-state index in [1.165, 1.54) is 65.5 Å². The lowest BCUT2D eigenvalue weighted by molar-refractivity contribution is 0.475. The van der Waals surface area contributed by atoms with E-state index < -0.39 is 0 Å². The van der Waals surface area contributed by atoms with Gasteiger partial charge in [0.2, 0.25) is 0 Å². The van der Waals surface area contributed by atoms with Crippen LogP contribution in [0.4, 0.5) is 0 Å². The van der Waals surface area contributed by atoms with E-state index in [4.69, 9.17) is 0 Å². The summed E-state index contributed by atoms with van der Waals surface area (Å²) in [6.45, 7) is 23.7. The van der Waals surface area contributed by atoms with Crippen molar-refractivity contribution in [1.29, 1.82) is 0 Å². The van der Waals surface area contributed by atoms with Crippen molar-refractivity contribution in [3.05, 3.63) is 81.5 Å². The predicted octanol–water partition coefficient (Wildman–Crippen LogP) is 11.1. The van der Waals surface area contributed by atoms with Gasteiger partial charge in [-0.15, -0.1) is 0 Å². The van der Waals surface area contributed by atoms with Crippen LogP contribution in [-0.4, -0.2) is 5.11 Å². The lowest BCUT2D eigenvalue weighted by Gasteiger charge is -2.29. The van der Waals surface area contributed by atoms with Crippen molar-refractivity contribution in [3.63, 3.8) is 0 Å². The van der Waals surface area contributed by atoms with Crippen molar-refractivity contribution in [2.45, 2.75) is 114 Å². The summed E-state index contributed by atoms with van der Waals surface area (Å²) in [6, 6.07) is 7.84. The molecular formula is C34H52O. The number of rotatable bonds is 8. The largest absolute Gasteiger partial charge is 0.508 e. The normalized spacial score (nSPS) is 16.1. The Labute approximate surface area is 217 Å². The van der Waals surface area contributed by atoms with Crippen molar-refractivity contribution in [1.82, 2.24) is 0 Å². The zero-order valence-electron chi connectivity index (χ0n) is 24.3. The Morgan fingerprint density at radius 2 is 1.60 bits per heavy atom. The molecule has 0 aromatic heterocycles. The fourth-order valence-electron chi connectivity index (χ4n) is 5.05. The molecule has 1 heteroatoms. The second-order valence-electron chi connectivity index (χ2n) is 9.68. The van der Waals surface area contributed by atoms with E-state index in [0.29, 0.717) is 11.7 Å². The number of hydrogen-bond acceptors (Lipinski definition) is 1. The quantitative estimate of drug-likeness (QED) is 0.292. The highest BCUT2D eigenvalue weighted by Gasteiger charge is 2.26. The topological polar surface area (TPSA) is 20.2 Å². The maximum absolute atomic E-state index is 10.4. The zero-order valence-corrected chi connectivity index (χ0v) is 24.3. The first-order valence-corrected chi connectivity index (χ1v) is 14.1. The summed E-state index contributed by atoms with van der Waals surface area (Å²) >= 11 is 0. The molecule has 1 saturated carbocycles. The second kappa shape index (κ2) is 15.7. The molecule has 1 aromatic carbocycles. The maximum Gasteiger partial charge on any atom is 0.116 e. The summed E-state index contributed by atoms with van der Waals surface area (Å²) < 4.78 is 0. The first kappa shape index (κ1) is 30.8. The van der Waals surface area contributed by atoms with Crippen molar-refractivity contribution in [3.8, 4) is 5.75 Å². The molecular weight excluding hydrogens is 424 g/mol. The third-order valence-corrected chi connectivity index (χ3v) is 6.61. The van der Waals surface area contributed by atoms with Gasteiger partial charge in [-0.25, -0.2) is 0 Å². The van der Waals surface area contributed by atoms with Gasteiger partial charge in [0.1, 0.15) is 5.75 Å². The van der Waals surface area contributed by atoms with E-state index in [2.05, 4.69) is 53.3 Å². The van der Waals surface area contributed by atoms with Crippen LogP contribution in [0.1, 0.15) is 119 Å². The highest BCUT2D eigenvalue weighted by molar-refractivity contribution is 5.89. The molecule has 2 aliphatic rings. The van der Waals surface area contributed by atoms with E-state index in [1.54, 1.807) is 11.6 Å². The van der Waals surface area contributed by atoms with E-state index in [9.17, 15) is 5.11 Å². The Balaban J connectivity index is 0.00000145. The maximum atomic E-state index is 10.4. The lowest BCUT2D eigenvalue weighted by Crippen LogP contribution is -2.11. The standard InChI is InChI=1S/C30H40O.2C2H6/c1-7-11-24(18-23-16-17-23)28(20(2)3)30(25-13-10-14-26(31)19-25)29(21(4)5)27-15-9-8-12-22(27)6;2*1-2/h10,13-14,18-19,24,31H,2,7-9,11-12,15-17H2,1,3-6H3;2*1-2H3/b30-28+;;. The molecule has 0 spiro atoms.